The average molecular weight is 273 g/mol. The lowest BCUT2D eigenvalue weighted by Crippen LogP contribution is -2.04. The maximum Gasteiger partial charge on any atom is 0.416 e. The minimum Gasteiger partial charge on any atom is -0.330 e. The summed E-state index contributed by atoms with van der Waals surface area (Å²) >= 11 is 1.26. The smallest absolute Gasteiger partial charge is 0.330 e. The molecule has 0 saturated carbocycles. The Hall–Kier alpha value is -1.47. The molecule has 0 atom stereocenters. The second-order valence-corrected chi connectivity index (χ2v) is 4.68. The van der Waals surface area contributed by atoms with E-state index in [0.29, 0.717) is 23.5 Å². The van der Waals surface area contributed by atoms with Gasteiger partial charge in [0, 0.05) is 12.0 Å². The van der Waals surface area contributed by atoms with Gasteiger partial charge in [0.1, 0.15) is 10.0 Å². The number of nitrogens with two attached hydrogens (primary N) is 1. The van der Waals surface area contributed by atoms with Crippen molar-refractivity contribution in [3.8, 4) is 10.6 Å². The normalized spacial score (nSPS) is 11.8. The largest absolute Gasteiger partial charge is 0.416 e. The van der Waals surface area contributed by atoms with Gasteiger partial charge < -0.3 is 5.73 Å². The first-order chi connectivity index (χ1) is 8.50. The molecular formula is C11H10F3N3S. The van der Waals surface area contributed by atoms with Crippen molar-refractivity contribution in [2.24, 2.45) is 5.73 Å². The van der Waals surface area contributed by atoms with Gasteiger partial charge in [0.25, 0.3) is 0 Å². The van der Waals surface area contributed by atoms with Gasteiger partial charge in [-0.2, -0.15) is 13.2 Å². The molecule has 0 aliphatic rings. The molecule has 0 radical (unpaired) electrons. The van der Waals surface area contributed by atoms with Crippen LogP contribution in [0.5, 0.6) is 0 Å². The molecule has 0 bridgehead atoms. The number of aromatic nitrogens is 2. The zero-order valence-electron chi connectivity index (χ0n) is 9.24. The first-order valence-corrected chi connectivity index (χ1v) is 6.02. The van der Waals surface area contributed by atoms with Crippen molar-refractivity contribution in [2.45, 2.75) is 12.6 Å². The summed E-state index contributed by atoms with van der Waals surface area (Å²) < 4.78 is 37.7. The molecule has 18 heavy (non-hydrogen) atoms. The third-order valence-electron chi connectivity index (χ3n) is 2.26. The summed E-state index contributed by atoms with van der Waals surface area (Å²) in [5, 5.41) is 8.96. The van der Waals surface area contributed by atoms with Gasteiger partial charge in [-0.25, -0.2) is 0 Å². The molecule has 2 rings (SSSR count). The highest BCUT2D eigenvalue weighted by Gasteiger charge is 2.30. The Morgan fingerprint density at radius 2 is 2.00 bits per heavy atom. The molecule has 0 aliphatic carbocycles. The van der Waals surface area contributed by atoms with Gasteiger partial charge in [0.05, 0.1) is 5.56 Å². The summed E-state index contributed by atoms with van der Waals surface area (Å²) in [4.78, 5) is 0. The van der Waals surface area contributed by atoms with Crippen LogP contribution in [-0.4, -0.2) is 16.7 Å². The maximum absolute atomic E-state index is 12.6. The number of nitrogens with zero attached hydrogens (tertiary/aromatic N) is 2. The predicted octanol–water partition coefficient (Wildman–Crippen LogP) is 2.73. The highest BCUT2D eigenvalue weighted by Crippen LogP contribution is 2.32. The molecule has 0 unspecified atom stereocenters. The number of rotatable bonds is 3. The molecule has 1 heterocycles. The van der Waals surface area contributed by atoms with Gasteiger partial charge >= 0.3 is 6.18 Å². The van der Waals surface area contributed by atoms with E-state index >= 15 is 0 Å². The third-order valence-corrected chi connectivity index (χ3v) is 3.29. The standard InChI is InChI=1S/C11H10F3N3S/c12-11(13,14)8-3-1-2-7(6-8)10-17-16-9(18-10)4-5-15/h1-3,6H,4-5,15H2. The van der Waals surface area contributed by atoms with Crippen LogP contribution < -0.4 is 5.73 Å². The summed E-state index contributed by atoms with van der Waals surface area (Å²) in [6.07, 6.45) is -3.77. The predicted molar refractivity (Wildman–Crippen MR) is 63.1 cm³/mol. The number of alkyl halides is 3. The summed E-state index contributed by atoms with van der Waals surface area (Å²) in [5.41, 5.74) is 5.12. The quantitative estimate of drug-likeness (QED) is 0.935. The van der Waals surface area contributed by atoms with E-state index in [0.717, 1.165) is 17.1 Å². The van der Waals surface area contributed by atoms with Crippen molar-refractivity contribution in [1.29, 1.82) is 0 Å². The zero-order valence-corrected chi connectivity index (χ0v) is 10.1. The van der Waals surface area contributed by atoms with Crippen LogP contribution in [0.3, 0.4) is 0 Å². The van der Waals surface area contributed by atoms with Crippen molar-refractivity contribution >= 4 is 11.3 Å². The Bertz CT molecular complexity index is 536. The van der Waals surface area contributed by atoms with Gasteiger partial charge in [-0.3, -0.25) is 0 Å². The average Bonchev–Trinajstić information content (AvgIpc) is 2.77. The SMILES string of the molecule is NCCc1nnc(-c2cccc(C(F)(F)F)c2)s1. The number of hydrogen-bond acceptors (Lipinski definition) is 4. The van der Waals surface area contributed by atoms with E-state index in [-0.39, 0.29) is 0 Å². The molecule has 2 aromatic rings. The van der Waals surface area contributed by atoms with E-state index in [1.54, 1.807) is 6.07 Å². The second-order valence-electron chi connectivity index (χ2n) is 3.62. The Morgan fingerprint density at radius 3 is 2.67 bits per heavy atom. The zero-order chi connectivity index (χ0) is 13.2. The van der Waals surface area contributed by atoms with E-state index < -0.39 is 11.7 Å². The van der Waals surface area contributed by atoms with Gasteiger partial charge in [-0.15, -0.1) is 10.2 Å². The van der Waals surface area contributed by atoms with Crippen LogP contribution in [0.2, 0.25) is 0 Å². The lowest BCUT2D eigenvalue weighted by atomic mass is 10.1. The van der Waals surface area contributed by atoms with Crippen molar-refractivity contribution in [3.63, 3.8) is 0 Å². The Kier molecular flexibility index (Phi) is 3.63. The summed E-state index contributed by atoms with van der Waals surface area (Å²) in [6.45, 7) is 0.442. The molecule has 0 saturated heterocycles. The van der Waals surface area contributed by atoms with Gasteiger partial charge in [-0.1, -0.05) is 23.5 Å². The van der Waals surface area contributed by atoms with Crippen molar-refractivity contribution < 1.29 is 13.2 Å². The number of benzene rings is 1. The van der Waals surface area contributed by atoms with Crippen LogP contribution in [0.15, 0.2) is 24.3 Å². The van der Waals surface area contributed by atoms with Crippen LogP contribution >= 0.6 is 11.3 Å². The lowest BCUT2D eigenvalue weighted by molar-refractivity contribution is -0.137. The van der Waals surface area contributed by atoms with Crippen LogP contribution in [0.25, 0.3) is 10.6 Å². The fourth-order valence-electron chi connectivity index (χ4n) is 1.42. The van der Waals surface area contributed by atoms with E-state index in [1.807, 2.05) is 0 Å². The molecule has 2 N–H and O–H groups in total. The molecule has 96 valence electrons. The van der Waals surface area contributed by atoms with Crippen molar-refractivity contribution in [1.82, 2.24) is 10.2 Å². The van der Waals surface area contributed by atoms with Crippen LogP contribution in [0.1, 0.15) is 10.6 Å². The number of hydrogen-bond donors (Lipinski definition) is 1. The molecule has 0 aliphatic heterocycles. The highest BCUT2D eigenvalue weighted by molar-refractivity contribution is 7.14. The molecule has 1 aromatic heterocycles. The van der Waals surface area contributed by atoms with Gasteiger partial charge in [0.15, 0.2) is 0 Å². The number of halogens is 3. The van der Waals surface area contributed by atoms with Crippen LogP contribution in [0, 0.1) is 0 Å². The van der Waals surface area contributed by atoms with Gasteiger partial charge in [0.2, 0.25) is 0 Å². The molecule has 0 fully saturated rings. The molecule has 0 amide bonds. The first kappa shape index (κ1) is 13.0. The fourth-order valence-corrected chi connectivity index (χ4v) is 2.27. The van der Waals surface area contributed by atoms with Crippen molar-refractivity contribution in [3.05, 3.63) is 34.8 Å². The van der Waals surface area contributed by atoms with Crippen molar-refractivity contribution in [2.75, 3.05) is 6.54 Å². The molecule has 3 nitrogen and oxygen atoms in total. The maximum atomic E-state index is 12.6. The monoisotopic (exact) mass is 273 g/mol. The van der Waals surface area contributed by atoms with E-state index in [9.17, 15) is 13.2 Å². The summed E-state index contributed by atoms with van der Waals surface area (Å²) in [5.74, 6) is 0. The summed E-state index contributed by atoms with van der Waals surface area (Å²) in [6, 6.07) is 5.06. The topological polar surface area (TPSA) is 51.8 Å². The van der Waals surface area contributed by atoms with E-state index in [4.69, 9.17) is 5.73 Å². The Morgan fingerprint density at radius 1 is 1.22 bits per heavy atom. The lowest BCUT2D eigenvalue weighted by Gasteiger charge is -2.06. The second kappa shape index (κ2) is 5.03. The van der Waals surface area contributed by atoms with Gasteiger partial charge in [-0.05, 0) is 18.7 Å². The molecule has 7 heteroatoms. The molecule has 0 spiro atoms. The third kappa shape index (κ3) is 2.85. The van der Waals surface area contributed by atoms with E-state index in [1.165, 1.54) is 17.4 Å². The van der Waals surface area contributed by atoms with E-state index in [2.05, 4.69) is 10.2 Å². The Labute approximate surface area is 105 Å². The molecule has 1 aromatic carbocycles. The fraction of sp³-hybridized carbons (Fsp3) is 0.273. The minimum atomic E-state index is -4.35. The Balaban J connectivity index is 2.32. The van der Waals surface area contributed by atoms with Crippen LogP contribution in [0.4, 0.5) is 13.2 Å². The summed E-state index contributed by atoms with van der Waals surface area (Å²) in [7, 11) is 0. The molecular weight excluding hydrogens is 263 g/mol. The highest BCUT2D eigenvalue weighted by atomic mass is 32.1. The first-order valence-electron chi connectivity index (χ1n) is 5.21. The van der Waals surface area contributed by atoms with Crippen LogP contribution in [-0.2, 0) is 12.6 Å². The minimum absolute atomic E-state index is 0.422.